The minimum absolute atomic E-state index is 0.0416. The monoisotopic (exact) mass is 502 g/mol. The van der Waals surface area contributed by atoms with Crippen molar-refractivity contribution in [3.8, 4) is 28.7 Å². The van der Waals surface area contributed by atoms with Crippen LogP contribution in [0.5, 0.6) is 17.2 Å². The third kappa shape index (κ3) is 5.38. The lowest BCUT2D eigenvalue weighted by Crippen LogP contribution is -2.41. The number of sulfonamides is 1. The van der Waals surface area contributed by atoms with Crippen molar-refractivity contribution in [2.45, 2.75) is 17.7 Å². The van der Waals surface area contributed by atoms with Crippen LogP contribution >= 0.6 is 0 Å². The average Bonchev–Trinajstić information content (AvgIpc) is 3.36. The number of hydrogen-bond acceptors (Lipinski definition) is 9. The smallest absolute Gasteiger partial charge is 0.322 e. The van der Waals surface area contributed by atoms with Gasteiger partial charge in [-0.25, -0.2) is 8.42 Å². The topological polar surface area (TPSA) is 133 Å². The van der Waals surface area contributed by atoms with Crippen LogP contribution in [0.2, 0.25) is 0 Å². The molecule has 0 unspecified atom stereocenters. The summed E-state index contributed by atoms with van der Waals surface area (Å²) in [6.07, 6.45) is 0.741. The number of anilines is 1. The summed E-state index contributed by atoms with van der Waals surface area (Å²) in [6, 6.07) is 11.3. The van der Waals surface area contributed by atoms with Crippen LogP contribution in [0, 0.1) is 5.92 Å². The quantitative estimate of drug-likeness (QED) is 0.493. The summed E-state index contributed by atoms with van der Waals surface area (Å²) in [5.41, 5.74) is 0.575. The number of amides is 1. The Morgan fingerprint density at radius 1 is 0.943 bits per heavy atom. The van der Waals surface area contributed by atoms with Gasteiger partial charge >= 0.3 is 6.01 Å². The molecule has 1 amide bonds. The average molecular weight is 503 g/mol. The molecule has 186 valence electrons. The van der Waals surface area contributed by atoms with Gasteiger partial charge in [0, 0.05) is 30.6 Å². The Hall–Kier alpha value is -3.64. The van der Waals surface area contributed by atoms with Crippen LogP contribution in [-0.4, -0.2) is 63.2 Å². The lowest BCUT2D eigenvalue weighted by Gasteiger charge is -2.30. The summed E-state index contributed by atoms with van der Waals surface area (Å²) in [5, 5.41) is 10.5. The van der Waals surface area contributed by atoms with E-state index in [1.165, 1.54) is 37.8 Å². The van der Waals surface area contributed by atoms with Crippen LogP contribution in [0.15, 0.2) is 51.8 Å². The number of piperidine rings is 1. The molecule has 12 heteroatoms. The van der Waals surface area contributed by atoms with E-state index in [1.54, 1.807) is 30.3 Å². The molecule has 2 aromatic carbocycles. The van der Waals surface area contributed by atoms with Gasteiger partial charge in [0.1, 0.15) is 17.2 Å². The summed E-state index contributed by atoms with van der Waals surface area (Å²) in [5.74, 6) is 1.19. The van der Waals surface area contributed by atoms with Crippen LogP contribution in [-0.2, 0) is 14.8 Å². The predicted octanol–water partition coefficient (Wildman–Crippen LogP) is 2.80. The molecule has 1 aliphatic heterocycles. The number of benzene rings is 2. The summed E-state index contributed by atoms with van der Waals surface area (Å²) >= 11 is 0. The molecule has 0 bridgehead atoms. The van der Waals surface area contributed by atoms with Gasteiger partial charge in [-0.3, -0.25) is 10.1 Å². The van der Waals surface area contributed by atoms with Crippen LogP contribution in [0.3, 0.4) is 0 Å². The molecule has 1 aromatic heterocycles. The molecule has 0 radical (unpaired) electrons. The third-order valence-corrected chi connectivity index (χ3v) is 7.69. The second-order valence-electron chi connectivity index (χ2n) is 7.86. The molecule has 11 nitrogen and oxygen atoms in total. The van der Waals surface area contributed by atoms with Crippen molar-refractivity contribution in [1.29, 1.82) is 0 Å². The maximum absolute atomic E-state index is 12.9. The lowest BCUT2D eigenvalue weighted by molar-refractivity contribution is -0.121. The van der Waals surface area contributed by atoms with E-state index in [0.717, 1.165) is 0 Å². The lowest BCUT2D eigenvalue weighted by atomic mass is 9.97. The summed E-state index contributed by atoms with van der Waals surface area (Å²) in [4.78, 5) is 12.9. The zero-order valence-corrected chi connectivity index (χ0v) is 20.4. The van der Waals surface area contributed by atoms with Gasteiger partial charge in [0.15, 0.2) is 0 Å². The molecule has 0 spiro atoms. The van der Waals surface area contributed by atoms with E-state index in [1.807, 2.05) is 0 Å². The van der Waals surface area contributed by atoms with Gasteiger partial charge in [-0.1, -0.05) is 5.10 Å². The van der Waals surface area contributed by atoms with E-state index in [0.29, 0.717) is 35.7 Å². The molecule has 1 fully saturated rings. The van der Waals surface area contributed by atoms with E-state index in [9.17, 15) is 13.2 Å². The molecule has 4 rings (SSSR count). The van der Waals surface area contributed by atoms with Crippen molar-refractivity contribution in [2.75, 3.05) is 39.7 Å². The van der Waals surface area contributed by atoms with Crippen LogP contribution in [0.25, 0.3) is 11.5 Å². The first-order valence-electron chi connectivity index (χ1n) is 10.9. The summed E-state index contributed by atoms with van der Waals surface area (Å²) < 4.78 is 48.4. The number of hydrogen-bond donors (Lipinski definition) is 1. The molecule has 1 aliphatic rings. The first-order chi connectivity index (χ1) is 16.8. The molecular weight excluding hydrogens is 476 g/mol. The number of aromatic nitrogens is 2. The molecule has 1 saturated heterocycles. The first kappa shape index (κ1) is 24.5. The van der Waals surface area contributed by atoms with E-state index >= 15 is 0 Å². The predicted molar refractivity (Wildman–Crippen MR) is 126 cm³/mol. The van der Waals surface area contributed by atoms with Crippen molar-refractivity contribution in [3.05, 3.63) is 42.5 Å². The summed E-state index contributed by atoms with van der Waals surface area (Å²) in [7, 11) is 0.936. The first-order valence-corrected chi connectivity index (χ1v) is 12.3. The Bertz CT molecular complexity index is 1260. The highest BCUT2D eigenvalue weighted by Gasteiger charge is 2.32. The molecular formula is C23H26N4O7S. The minimum Gasteiger partial charge on any atom is -0.497 e. The van der Waals surface area contributed by atoms with Crippen LogP contribution in [0.4, 0.5) is 6.01 Å². The highest BCUT2D eigenvalue weighted by atomic mass is 32.2. The molecule has 0 aliphatic carbocycles. The molecule has 3 aromatic rings. The normalized spacial score (nSPS) is 14.9. The number of carbonyl (C=O) groups is 1. The zero-order chi connectivity index (χ0) is 25.0. The largest absolute Gasteiger partial charge is 0.497 e. The Kier molecular flexibility index (Phi) is 7.22. The summed E-state index contributed by atoms with van der Waals surface area (Å²) in [6.45, 7) is 0.455. The van der Waals surface area contributed by atoms with Gasteiger partial charge in [0.05, 0.1) is 26.2 Å². The Balaban J connectivity index is 1.37. The van der Waals surface area contributed by atoms with Gasteiger partial charge < -0.3 is 18.6 Å². The van der Waals surface area contributed by atoms with E-state index in [2.05, 4.69) is 15.5 Å². The Morgan fingerprint density at radius 3 is 2.11 bits per heavy atom. The van der Waals surface area contributed by atoms with Crippen molar-refractivity contribution in [2.24, 2.45) is 5.92 Å². The van der Waals surface area contributed by atoms with E-state index in [4.69, 9.17) is 18.6 Å². The van der Waals surface area contributed by atoms with Crippen LogP contribution < -0.4 is 19.5 Å². The van der Waals surface area contributed by atoms with Crippen LogP contribution in [0.1, 0.15) is 12.8 Å². The Morgan fingerprint density at radius 2 is 1.54 bits per heavy atom. The maximum Gasteiger partial charge on any atom is 0.322 e. The zero-order valence-electron chi connectivity index (χ0n) is 19.6. The molecule has 1 N–H and O–H groups in total. The highest BCUT2D eigenvalue weighted by Crippen LogP contribution is 2.30. The highest BCUT2D eigenvalue weighted by molar-refractivity contribution is 7.89. The van der Waals surface area contributed by atoms with Gasteiger partial charge in [-0.2, -0.15) is 4.31 Å². The van der Waals surface area contributed by atoms with Gasteiger partial charge in [-0.05, 0) is 49.2 Å². The van der Waals surface area contributed by atoms with E-state index in [-0.39, 0.29) is 41.7 Å². The molecule has 0 saturated carbocycles. The SMILES string of the molecule is COc1ccc(S(=O)(=O)N2CCC(C(=O)Nc3nnc(-c4cc(OC)cc(OC)c4)o3)CC2)cc1. The van der Waals surface area contributed by atoms with Crippen molar-refractivity contribution < 1.29 is 31.8 Å². The van der Waals surface area contributed by atoms with Gasteiger partial charge in [-0.15, -0.1) is 5.10 Å². The number of carbonyl (C=O) groups excluding carboxylic acids is 1. The molecule has 0 atom stereocenters. The van der Waals surface area contributed by atoms with Gasteiger partial charge in [0.2, 0.25) is 21.8 Å². The van der Waals surface area contributed by atoms with Gasteiger partial charge in [0.25, 0.3) is 0 Å². The second-order valence-corrected chi connectivity index (χ2v) is 9.79. The third-order valence-electron chi connectivity index (χ3n) is 5.78. The van der Waals surface area contributed by atoms with Crippen molar-refractivity contribution in [3.63, 3.8) is 0 Å². The van der Waals surface area contributed by atoms with Crippen molar-refractivity contribution in [1.82, 2.24) is 14.5 Å². The number of methoxy groups -OCH3 is 3. The number of nitrogens with one attached hydrogen (secondary N) is 1. The Labute approximate surface area is 203 Å². The number of ether oxygens (including phenoxy) is 3. The fraction of sp³-hybridized carbons (Fsp3) is 0.348. The standard InChI is InChI=1S/C23H26N4O7S/c1-31-17-4-6-20(7-5-17)35(29,30)27-10-8-15(9-11-27)21(28)24-23-26-25-22(34-23)16-12-18(32-2)14-19(13-16)33-3/h4-7,12-15H,8-11H2,1-3H3,(H,24,26,28). The van der Waals surface area contributed by atoms with E-state index < -0.39 is 10.0 Å². The fourth-order valence-electron chi connectivity index (χ4n) is 3.78. The number of rotatable bonds is 8. The second kappa shape index (κ2) is 10.3. The fourth-order valence-corrected chi connectivity index (χ4v) is 5.25. The van der Waals surface area contributed by atoms with Crippen molar-refractivity contribution >= 4 is 21.9 Å². The number of nitrogens with zero attached hydrogens (tertiary/aromatic N) is 3. The minimum atomic E-state index is -3.65. The maximum atomic E-state index is 12.9. The molecule has 2 heterocycles. The molecule has 35 heavy (non-hydrogen) atoms.